The molecule has 0 saturated heterocycles. The van der Waals surface area contributed by atoms with Crippen molar-refractivity contribution in [2.75, 3.05) is 19.6 Å². The number of hydrogen-bond acceptors (Lipinski definition) is 5. The molecule has 0 fully saturated rings. The fraction of sp³-hybridized carbons (Fsp3) is 0.333. The highest BCUT2D eigenvalue weighted by Crippen LogP contribution is 2.24. The number of nitrogens with zero attached hydrogens (tertiary/aromatic N) is 3. The number of rotatable bonds is 6. The van der Waals surface area contributed by atoms with Crippen LogP contribution in [0.5, 0.6) is 11.5 Å². The van der Waals surface area contributed by atoms with Crippen LogP contribution in [0.15, 0.2) is 41.3 Å². The molecule has 25 heavy (non-hydrogen) atoms. The van der Waals surface area contributed by atoms with Crippen molar-refractivity contribution >= 4 is 11.0 Å². The lowest BCUT2D eigenvalue weighted by atomic mass is 10.2. The Morgan fingerprint density at radius 3 is 2.68 bits per heavy atom. The first-order chi connectivity index (χ1) is 12.1. The number of hydrogen-bond donors (Lipinski definition) is 1. The average Bonchev–Trinajstić information content (AvgIpc) is 2.92. The van der Waals surface area contributed by atoms with Crippen LogP contribution in [0.2, 0.25) is 0 Å². The lowest BCUT2D eigenvalue weighted by molar-refractivity contribution is 0.390. The van der Waals surface area contributed by atoms with E-state index in [1.54, 1.807) is 32.5 Å². The fourth-order valence-electron chi connectivity index (χ4n) is 2.83. The van der Waals surface area contributed by atoms with Gasteiger partial charge in [0.25, 0.3) is 5.56 Å². The highest BCUT2D eigenvalue weighted by Gasteiger charge is 2.16. The highest BCUT2D eigenvalue weighted by molar-refractivity contribution is 5.74. The molecule has 3 aromatic rings. The summed E-state index contributed by atoms with van der Waals surface area (Å²) in [5.74, 6) is 1.42. The van der Waals surface area contributed by atoms with E-state index < -0.39 is 0 Å². The van der Waals surface area contributed by atoms with E-state index in [1.165, 1.54) is 4.79 Å². The van der Waals surface area contributed by atoms with Crippen LogP contribution < -0.4 is 20.5 Å². The molecule has 0 saturated carbocycles. The van der Waals surface area contributed by atoms with Gasteiger partial charge in [-0.3, -0.25) is 4.79 Å². The van der Waals surface area contributed by atoms with Gasteiger partial charge in [-0.2, -0.15) is 4.79 Å². The smallest absolute Gasteiger partial charge is 0.295 e. The number of nitrogens with one attached hydrogen (secondary N) is 1. The number of fused-ring (bicyclic) bond motifs is 1. The topological polar surface area (TPSA) is 70.3 Å². The lowest BCUT2D eigenvalue weighted by Crippen LogP contribution is -2.32. The Hall–Kier alpha value is -2.96. The molecule has 0 bridgehead atoms. The normalized spacial score (nSPS) is 11.1. The van der Waals surface area contributed by atoms with Gasteiger partial charge in [0.15, 0.2) is 5.65 Å². The van der Waals surface area contributed by atoms with Crippen molar-refractivity contribution in [3.05, 3.63) is 52.4 Å². The van der Waals surface area contributed by atoms with Gasteiger partial charge < -0.3 is 14.9 Å². The quantitative estimate of drug-likeness (QED) is 0.745. The van der Waals surface area contributed by atoms with Crippen LogP contribution >= 0.6 is 0 Å². The summed E-state index contributed by atoms with van der Waals surface area (Å²) in [6, 6.07) is 9.23. The van der Waals surface area contributed by atoms with Gasteiger partial charge in [0, 0.05) is 23.9 Å². The Bertz CT molecular complexity index is 943. The van der Waals surface area contributed by atoms with Crippen LogP contribution in [-0.2, 0) is 6.54 Å². The number of ether oxygens (including phenoxy) is 2. The zero-order valence-corrected chi connectivity index (χ0v) is 14.8. The molecule has 0 aliphatic heterocycles. The minimum Gasteiger partial charge on any atom is -0.497 e. The first-order valence-electron chi connectivity index (χ1n) is 8.09. The number of benzene rings is 1. The molecule has 0 radical (unpaired) electrons. The summed E-state index contributed by atoms with van der Waals surface area (Å²) in [6.45, 7) is 4.45. The van der Waals surface area contributed by atoms with Gasteiger partial charge in [-0.05, 0) is 38.1 Å². The molecular weight excluding hydrogens is 320 g/mol. The van der Waals surface area contributed by atoms with Crippen molar-refractivity contribution in [2.24, 2.45) is 0 Å². The summed E-state index contributed by atoms with van der Waals surface area (Å²) < 4.78 is 12.5. The second-order valence-electron chi connectivity index (χ2n) is 5.94. The second kappa shape index (κ2) is 6.88. The van der Waals surface area contributed by atoms with E-state index in [-0.39, 0.29) is 11.6 Å². The minimum absolute atomic E-state index is 0.0744. The Morgan fingerprint density at radius 2 is 2.00 bits per heavy atom. The third-order valence-corrected chi connectivity index (χ3v) is 4.04. The molecule has 7 nitrogen and oxygen atoms in total. The van der Waals surface area contributed by atoms with Gasteiger partial charge in [0.05, 0.1) is 26.2 Å². The van der Waals surface area contributed by atoms with Crippen LogP contribution in [0.1, 0.15) is 25.5 Å². The van der Waals surface area contributed by atoms with Crippen molar-refractivity contribution in [1.29, 1.82) is 0 Å². The van der Waals surface area contributed by atoms with Gasteiger partial charge in [0.1, 0.15) is 11.5 Å². The van der Waals surface area contributed by atoms with Gasteiger partial charge in [0.2, 0.25) is 0 Å². The maximum absolute atomic E-state index is 12.7. The van der Waals surface area contributed by atoms with Gasteiger partial charge in [-0.15, -0.1) is 0 Å². The van der Waals surface area contributed by atoms with E-state index in [0.29, 0.717) is 23.3 Å². The van der Waals surface area contributed by atoms with E-state index in [9.17, 15) is 4.79 Å². The zero-order valence-electron chi connectivity index (χ0n) is 14.8. The standard InChI is InChI=1S/C18H22N4O3/c1-12(2)21-17-15(6-5-9-19-17)18(23)22(21)20-11-13-7-8-14(24-3)10-16(13)25-4/h5-10,12,20H,11H2,1-4H3. The molecule has 3 rings (SSSR count). The average molecular weight is 342 g/mol. The zero-order chi connectivity index (χ0) is 18.0. The SMILES string of the molecule is COc1ccc(CNn2c(=O)c3cccnc3n2C(C)C)c(OC)c1. The summed E-state index contributed by atoms with van der Waals surface area (Å²) >= 11 is 0. The molecule has 132 valence electrons. The predicted octanol–water partition coefficient (Wildman–Crippen LogP) is 2.54. The number of methoxy groups -OCH3 is 2. The number of aromatic nitrogens is 3. The van der Waals surface area contributed by atoms with Crippen molar-refractivity contribution in [1.82, 2.24) is 14.5 Å². The Labute approximate surface area is 145 Å². The van der Waals surface area contributed by atoms with Crippen molar-refractivity contribution in [3.63, 3.8) is 0 Å². The third kappa shape index (κ3) is 3.05. The molecule has 0 spiro atoms. The maximum atomic E-state index is 12.7. The van der Waals surface area contributed by atoms with Crippen molar-refractivity contribution in [3.8, 4) is 11.5 Å². The van der Waals surface area contributed by atoms with Crippen LogP contribution in [0.3, 0.4) is 0 Å². The molecule has 0 amide bonds. The van der Waals surface area contributed by atoms with E-state index in [0.717, 1.165) is 11.3 Å². The Morgan fingerprint density at radius 1 is 1.20 bits per heavy atom. The van der Waals surface area contributed by atoms with Crippen LogP contribution in [0.25, 0.3) is 11.0 Å². The molecule has 1 N–H and O–H groups in total. The van der Waals surface area contributed by atoms with Crippen molar-refractivity contribution in [2.45, 2.75) is 26.4 Å². The first kappa shape index (κ1) is 16.9. The molecule has 0 atom stereocenters. The van der Waals surface area contributed by atoms with Gasteiger partial charge >= 0.3 is 0 Å². The lowest BCUT2D eigenvalue weighted by Gasteiger charge is -2.18. The summed E-state index contributed by atoms with van der Waals surface area (Å²) in [5.41, 5.74) is 4.65. The second-order valence-corrected chi connectivity index (χ2v) is 5.94. The third-order valence-electron chi connectivity index (χ3n) is 4.04. The van der Waals surface area contributed by atoms with Gasteiger partial charge in [-0.25, -0.2) is 9.67 Å². The van der Waals surface area contributed by atoms with E-state index in [2.05, 4.69) is 10.4 Å². The summed E-state index contributed by atoms with van der Waals surface area (Å²) in [5, 5.41) is 0.588. The summed E-state index contributed by atoms with van der Waals surface area (Å²) in [4.78, 5) is 18.6. The number of pyridine rings is 1. The van der Waals surface area contributed by atoms with Crippen LogP contribution in [0, 0.1) is 0 Å². The van der Waals surface area contributed by atoms with E-state index >= 15 is 0 Å². The monoisotopic (exact) mass is 342 g/mol. The van der Waals surface area contributed by atoms with E-state index in [1.807, 2.05) is 36.7 Å². The summed E-state index contributed by atoms with van der Waals surface area (Å²) in [6.07, 6.45) is 1.69. The van der Waals surface area contributed by atoms with E-state index in [4.69, 9.17) is 9.47 Å². The molecule has 7 heteroatoms. The first-order valence-corrected chi connectivity index (χ1v) is 8.09. The molecule has 0 unspecified atom stereocenters. The molecular formula is C18H22N4O3. The van der Waals surface area contributed by atoms with Gasteiger partial charge in [-0.1, -0.05) is 0 Å². The van der Waals surface area contributed by atoms with Crippen molar-refractivity contribution < 1.29 is 9.47 Å². The molecule has 0 aliphatic rings. The molecule has 0 aliphatic carbocycles. The maximum Gasteiger partial charge on any atom is 0.295 e. The minimum atomic E-state index is -0.121. The Kier molecular flexibility index (Phi) is 4.65. The highest BCUT2D eigenvalue weighted by atomic mass is 16.5. The molecule has 2 heterocycles. The van der Waals surface area contributed by atoms with Crippen LogP contribution in [0.4, 0.5) is 0 Å². The predicted molar refractivity (Wildman–Crippen MR) is 97.0 cm³/mol. The Balaban J connectivity index is 1.98. The molecule has 2 aromatic heterocycles. The largest absolute Gasteiger partial charge is 0.497 e. The fourth-order valence-corrected chi connectivity index (χ4v) is 2.83. The summed E-state index contributed by atoms with van der Waals surface area (Å²) in [7, 11) is 3.22. The van der Waals surface area contributed by atoms with Crippen LogP contribution in [-0.4, -0.2) is 28.7 Å². The molecule has 1 aromatic carbocycles.